The van der Waals surface area contributed by atoms with Crippen molar-refractivity contribution in [2.75, 3.05) is 20.2 Å². The zero-order valence-electron chi connectivity index (χ0n) is 8.92. The van der Waals surface area contributed by atoms with Gasteiger partial charge >= 0.3 is 0 Å². The van der Waals surface area contributed by atoms with E-state index in [1.54, 1.807) is 7.11 Å². The maximum absolute atomic E-state index is 5.24. The normalized spacial score (nSPS) is 20.8. The van der Waals surface area contributed by atoms with Gasteiger partial charge in [-0.05, 0) is 36.1 Å². The summed E-state index contributed by atoms with van der Waals surface area (Å²) in [5.74, 6) is 0.630. The highest BCUT2D eigenvalue weighted by molar-refractivity contribution is 9.10. The van der Waals surface area contributed by atoms with Crippen LogP contribution >= 0.6 is 15.9 Å². The van der Waals surface area contributed by atoms with E-state index in [4.69, 9.17) is 4.74 Å². The van der Waals surface area contributed by atoms with Gasteiger partial charge in [0.1, 0.15) is 0 Å². The fourth-order valence-corrected chi connectivity index (χ4v) is 2.95. The van der Waals surface area contributed by atoms with Crippen LogP contribution in [0.1, 0.15) is 23.5 Å². The number of rotatable bonds is 3. The Morgan fingerprint density at radius 2 is 2.40 bits per heavy atom. The van der Waals surface area contributed by atoms with Crippen LogP contribution in [0.5, 0.6) is 0 Å². The van der Waals surface area contributed by atoms with E-state index in [0.717, 1.165) is 13.1 Å². The summed E-state index contributed by atoms with van der Waals surface area (Å²) in [6.45, 7) is 2.91. The number of benzene rings is 1. The molecule has 3 heteroatoms. The average Bonchev–Trinajstić information content (AvgIpc) is 2.71. The molecule has 2 rings (SSSR count). The first kappa shape index (κ1) is 11.1. The standard InChI is InChI=1S/C12H16BrNO/c1-15-8-10-3-2-4-11(13)12(10)9-5-6-14-7-9/h2-4,9,14H,5-8H2,1H3. The van der Waals surface area contributed by atoms with Crippen LogP contribution in [-0.4, -0.2) is 20.2 Å². The van der Waals surface area contributed by atoms with Crippen molar-refractivity contribution < 1.29 is 4.74 Å². The summed E-state index contributed by atoms with van der Waals surface area (Å²) in [6.07, 6.45) is 1.22. The zero-order chi connectivity index (χ0) is 10.7. The van der Waals surface area contributed by atoms with Crippen LogP contribution < -0.4 is 5.32 Å². The number of hydrogen-bond acceptors (Lipinski definition) is 2. The van der Waals surface area contributed by atoms with Crippen LogP contribution in [0, 0.1) is 0 Å². The predicted molar refractivity (Wildman–Crippen MR) is 65.1 cm³/mol. The highest BCUT2D eigenvalue weighted by Crippen LogP contribution is 2.32. The molecule has 0 saturated carbocycles. The Labute approximate surface area is 99.1 Å². The molecule has 1 N–H and O–H groups in total. The number of halogens is 1. The van der Waals surface area contributed by atoms with E-state index in [9.17, 15) is 0 Å². The molecule has 1 saturated heterocycles. The molecule has 0 aromatic heterocycles. The summed E-state index contributed by atoms with van der Waals surface area (Å²) in [5.41, 5.74) is 2.73. The van der Waals surface area contributed by atoms with Gasteiger partial charge in [-0.1, -0.05) is 28.1 Å². The van der Waals surface area contributed by atoms with Crippen LogP contribution in [0.25, 0.3) is 0 Å². The molecule has 1 aliphatic rings. The molecular formula is C12H16BrNO. The molecule has 1 fully saturated rings. The fourth-order valence-electron chi connectivity index (χ4n) is 2.22. The molecule has 82 valence electrons. The van der Waals surface area contributed by atoms with Gasteiger partial charge in [-0.25, -0.2) is 0 Å². The van der Waals surface area contributed by atoms with E-state index in [1.807, 2.05) is 0 Å². The van der Waals surface area contributed by atoms with Gasteiger partial charge in [-0.2, -0.15) is 0 Å². The van der Waals surface area contributed by atoms with E-state index >= 15 is 0 Å². The highest BCUT2D eigenvalue weighted by atomic mass is 79.9. The number of ether oxygens (including phenoxy) is 1. The molecule has 1 aromatic rings. The lowest BCUT2D eigenvalue weighted by atomic mass is 9.94. The van der Waals surface area contributed by atoms with Crippen molar-refractivity contribution in [3.05, 3.63) is 33.8 Å². The van der Waals surface area contributed by atoms with E-state index < -0.39 is 0 Å². The van der Waals surface area contributed by atoms with Crippen molar-refractivity contribution in [3.63, 3.8) is 0 Å². The summed E-state index contributed by atoms with van der Waals surface area (Å²) >= 11 is 3.64. The molecule has 0 spiro atoms. The van der Waals surface area contributed by atoms with Crippen molar-refractivity contribution in [1.29, 1.82) is 0 Å². The molecule has 1 aliphatic heterocycles. The van der Waals surface area contributed by atoms with Crippen molar-refractivity contribution in [2.24, 2.45) is 0 Å². The largest absolute Gasteiger partial charge is 0.380 e. The van der Waals surface area contributed by atoms with E-state index in [0.29, 0.717) is 12.5 Å². The molecule has 0 radical (unpaired) electrons. The van der Waals surface area contributed by atoms with Crippen LogP contribution in [0.3, 0.4) is 0 Å². The number of hydrogen-bond donors (Lipinski definition) is 1. The van der Waals surface area contributed by atoms with Gasteiger partial charge < -0.3 is 10.1 Å². The third-order valence-electron chi connectivity index (χ3n) is 2.91. The smallest absolute Gasteiger partial charge is 0.0716 e. The van der Waals surface area contributed by atoms with Gasteiger partial charge in [-0.15, -0.1) is 0 Å². The van der Waals surface area contributed by atoms with Crippen LogP contribution in [0.15, 0.2) is 22.7 Å². The van der Waals surface area contributed by atoms with Crippen LogP contribution in [0.4, 0.5) is 0 Å². The van der Waals surface area contributed by atoms with E-state index in [1.165, 1.54) is 22.0 Å². The molecule has 15 heavy (non-hydrogen) atoms. The minimum atomic E-state index is 0.630. The summed E-state index contributed by atoms with van der Waals surface area (Å²) in [5, 5.41) is 3.41. The Kier molecular flexibility index (Phi) is 3.78. The molecule has 1 aromatic carbocycles. The van der Waals surface area contributed by atoms with E-state index in [2.05, 4.69) is 39.4 Å². The second kappa shape index (κ2) is 5.10. The maximum atomic E-state index is 5.24. The molecular weight excluding hydrogens is 254 g/mol. The van der Waals surface area contributed by atoms with Gasteiger partial charge in [0.15, 0.2) is 0 Å². The van der Waals surface area contributed by atoms with E-state index in [-0.39, 0.29) is 0 Å². The Morgan fingerprint density at radius 1 is 1.53 bits per heavy atom. The molecule has 0 aliphatic carbocycles. The zero-order valence-corrected chi connectivity index (χ0v) is 10.5. The Morgan fingerprint density at radius 3 is 3.07 bits per heavy atom. The molecule has 1 heterocycles. The average molecular weight is 270 g/mol. The predicted octanol–water partition coefficient (Wildman–Crippen LogP) is 2.67. The fraction of sp³-hybridized carbons (Fsp3) is 0.500. The first-order valence-electron chi connectivity index (χ1n) is 5.30. The molecule has 0 bridgehead atoms. The number of methoxy groups -OCH3 is 1. The van der Waals surface area contributed by atoms with Crippen LogP contribution in [-0.2, 0) is 11.3 Å². The van der Waals surface area contributed by atoms with Gasteiger partial charge in [0, 0.05) is 18.1 Å². The summed E-state index contributed by atoms with van der Waals surface area (Å²) in [7, 11) is 1.75. The second-order valence-electron chi connectivity index (χ2n) is 3.94. The molecule has 2 nitrogen and oxygen atoms in total. The van der Waals surface area contributed by atoms with Crippen molar-refractivity contribution in [2.45, 2.75) is 18.9 Å². The third-order valence-corrected chi connectivity index (χ3v) is 3.60. The van der Waals surface area contributed by atoms with Crippen molar-refractivity contribution >= 4 is 15.9 Å². The van der Waals surface area contributed by atoms with Crippen molar-refractivity contribution in [1.82, 2.24) is 5.32 Å². The first-order chi connectivity index (χ1) is 7.33. The van der Waals surface area contributed by atoms with Gasteiger partial charge in [-0.3, -0.25) is 0 Å². The Hall–Kier alpha value is -0.380. The monoisotopic (exact) mass is 269 g/mol. The van der Waals surface area contributed by atoms with Gasteiger partial charge in [0.05, 0.1) is 6.61 Å². The topological polar surface area (TPSA) is 21.3 Å². The maximum Gasteiger partial charge on any atom is 0.0716 e. The third kappa shape index (κ3) is 2.41. The van der Waals surface area contributed by atoms with Crippen molar-refractivity contribution in [3.8, 4) is 0 Å². The number of nitrogens with one attached hydrogen (secondary N) is 1. The lowest BCUT2D eigenvalue weighted by molar-refractivity contribution is 0.183. The lowest BCUT2D eigenvalue weighted by Gasteiger charge is -2.16. The minimum absolute atomic E-state index is 0.630. The first-order valence-corrected chi connectivity index (χ1v) is 6.09. The quantitative estimate of drug-likeness (QED) is 0.911. The van der Waals surface area contributed by atoms with Gasteiger partial charge in [0.25, 0.3) is 0 Å². The lowest BCUT2D eigenvalue weighted by Crippen LogP contribution is -2.10. The summed E-state index contributed by atoms with van der Waals surface area (Å²) < 4.78 is 6.46. The Balaban J connectivity index is 2.32. The highest BCUT2D eigenvalue weighted by Gasteiger charge is 2.21. The minimum Gasteiger partial charge on any atom is -0.380 e. The van der Waals surface area contributed by atoms with Crippen LogP contribution in [0.2, 0.25) is 0 Å². The molecule has 0 amide bonds. The Bertz CT molecular complexity index is 334. The summed E-state index contributed by atoms with van der Waals surface area (Å²) in [6, 6.07) is 6.35. The van der Waals surface area contributed by atoms with Gasteiger partial charge in [0.2, 0.25) is 0 Å². The molecule has 1 unspecified atom stereocenters. The SMILES string of the molecule is COCc1cccc(Br)c1C1CCNC1. The summed E-state index contributed by atoms with van der Waals surface area (Å²) in [4.78, 5) is 0. The second-order valence-corrected chi connectivity index (χ2v) is 4.79. The molecule has 1 atom stereocenters.